The van der Waals surface area contributed by atoms with E-state index in [1.54, 1.807) is 18.2 Å². The Bertz CT molecular complexity index is 809. The Kier molecular flexibility index (Phi) is 4.22. The van der Waals surface area contributed by atoms with Gasteiger partial charge in [0.25, 0.3) is 0 Å². The van der Waals surface area contributed by atoms with Gasteiger partial charge in [-0.15, -0.1) is 0 Å². The molecule has 1 saturated heterocycles. The first-order valence-electron chi connectivity index (χ1n) is 8.01. The van der Waals surface area contributed by atoms with Crippen LogP contribution in [-0.4, -0.2) is 28.4 Å². The lowest BCUT2D eigenvalue weighted by Gasteiger charge is -2.33. The van der Waals surface area contributed by atoms with Crippen molar-refractivity contribution in [2.75, 3.05) is 6.54 Å². The van der Waals surface area contributed by atoms with E-state index in [0.717, 1.165) is 19.4 Å². The largest absolute Gasteiger partial charge is 0.507 e. The number of fused-ring (bicyclic) bond motifs is 1. The molecule has 0 saturated carbocycles. The molecule has 2 heterocycles. The fourth-order valence-electron chi connectivity index (χ4n) is 3.23. The number of likely N-dealkylation sites (tertiary alicyclic amines) is 1. The van der Waals surface area contributed by atoms with E-state index in [1.165, 1.54) is 13.3 Å². The standard InChI is InChI=1S/C18H21NO4/c1-11-5-3-4-8-19(11)10-15-16(21)7-6-13-9-14(12(2)20)18(22)23-17(13)15/h6-7,9,11,21H,3-5,8,10H2,1-2H3. The molecule has 122 valence electrons. The van der Waals surface area contributed by atoms with Crippen molar-refractivity contribution in [3.63, 3.8) is 0 Å². The summed E-state index contributed by atoms with van der Waals surface area (Å²) in [5.74, 6) is -0.200. The molecule has 23 heavy (non-hydrogen) atoms. The number of hydrogen-bond donors (Lipinski definition) is 1. The summed E-state index contributed by atoms with van der Waals surface area (Å²) in [5, 5.41) is 10.9. The van der Waals surface area contributed by atoms with Crippen LogP contribution >= 0.6 is 0 Å². The third-order valence-corrected chi connectivity index (χ3v) is 4.66. The fourth-order valence-corrected chi connectivity index (χ4v) is 3.23. The smallest absolute Gasteiger partial charge is 0.347 e. The summed E-state index contributed by atoms with van der Waals surface area (Å²) in [6, 6.07) is 5.24. The van der Waals surface area contributed by atoms with Gasteiger partial charge in [0.15, 0.2) is 5.78 Å². The van der Waals surface area contributed by atoms with Crippen LogP contribution in [0.4, 0.5) is 0 Å². The molecule has 1 unspecified atom stereocenters. The van der Waals surface area contributed by atoms with Crippen LogP contribution in [0.15, 0.2) is 27.4 Å². The zero-order valence-corrected chi connectivity index (χ0v) is 13.5. The van der Waals surface area contributed by atoms with E-state index >= 15 is 0 Å². The number of hydrogen-bond acceptors (Lipinski definition) is 5. The zero-order valence-electron chi connectivity index (χ0n) is 13.5. The van der Waals surface area contributed by atoms with Crippen molar-refractivity contribution < 1.29 is 14.3 Å². The summed E-state index contributed by atoms with van der Waals surface area (Å²) < 4.78 is 5.38. The van der Waals surface area contributed by atoms with Gasteiger partial charge in [0, 0.05) is 18.0 Å². The van der Waals surface area contributed by atoms with Crippen LogP contribution in [-0.2, 0) is 6.54 Å². The van der Waals surface area contributed by atoms with E-state index < -0.39 is 5.63 Å². The molecule has 2 aromatic rings. The van der Waals surface area contributed by atoms with Crippen molar-refractivity contribution in [1.29, 1.82) is 0 Å². The highest BCUT2D eigenvalue weighted by Crippen LogP contribution is 2.30. The van der Waals surface area contributed by atoms with Gasteiger partial charge in [-0.3, -0.25) is 9.69 Å². The lowest BCUT2D eigenvalue weighted by Crippen LogP contribution is -2.36. The highest BCUT2D eigenvalue weighted by atomic mass is 16.4. The average molecular weight is 315 g/mol. The predicted molar refractivity (Wildman–Crippen MR) is 87.9 cm³/mol. The monoisotopic (exact) mass is 315 g/mol. The molecule has 1 atom stereocenters. The molecule has 0 spiro atoms. The van der Waals surface area contributed by atoms with Crippen molar-refractivity contribution in [2.24, 2.45) is 0 Å². The number of nitrogens with zero attached hydrogens (tertiary/aromatic N) is 1. The fraction of sp³-hybridized carbons (Fsp3) is 0.444. The molecule has 1 aliphatic heterocycles. The molecule has 1 fully saturated rings. The molecular weight excluding hydrogens is 294 g/mol. The second kappa shape index (κ2) is 6.16. The normalized spacial score (nSPS) is 19.1. The minimum absolute atomic E-state index is 0.0421. The van der Waals surface area contributed by atoms with Crippen molar-refractivity contribution in [2.45, 2.75) is 45.7 Å². The van der Waals surface area contributed by atoms with Crippen LogP contribution in [0.1, 0.15) is 49.0 Å². The highest BCUT2D eigenvalue weighted by molar-refractivity contribution is 5.97. The first-order chi connectivity index (χ1) is 11.0. The van der Waals surface area contributed by atoms with Crippen LogP contribution in [0.3, 0.4) is 0 Å². The number of carbonyl (C=O) groups is 1. The molecule has 1 N–H and O–H groups in total. The van der Waals surface area contributed by atoms with Crippen LogP contribution in [0.5, 0.6) is 5.75 Å². The first-order valence-corrected chi connectivity index (χ1v) is 8.01. The Labute approximate surface area is 134 Å². The van der Waals surface area contributed by atoms with Crippen LogP contribution in [0.2, 0.25) is 0 Å². The molecule has 0 bridgehead atoms. The molecule has 1 aromatic carbocycles. The van der Waals surface area contributed by atoms with Gasteiger partial charge in [-0.25, -0.2) is 4.79 Å². The number of benzene rings is 1. The Morgan fingerprint density at radius 1 is 1.39 bits per heavy atom. The predicted octanol–water partition coefficient (Wildman–Crippen LogP) is 3.08. The summed E-state index contributed by atoms with van der Waals surface area (Å²) in [6.45, 7) is 5.01. The first kappa shape index (κ1) is 15.7. The maximum absolute atomic E-state index is 12.0. The summed E-state index contributed by atoms with van der Waals surface area (Å²) in [4.78, 5) is 25.8. The molecule has 3 rings (SSSR count). The van der Waals surface area contributed by atoms with Gasteiger partial charge in [-0.2, -0.15) is 0 Å². The van der Waals surface area contributed by atoms with E-state index in [-0.39, 0.29) is 17.1 Å². The zero-order chi connectivity index (χ0) is 16.6. The van der Waals surface area contributed by atoms with Crippen molar-refractivity contribution >= 4 is 16.8 Å². The quantitative estimate of drug-likeness (QED) is 0.696. The third kappa shape index (κ3) is 3.01. The molecular formula is C18H21NO4. The molecule has 0 amide bonds. The number of piperidine rings is 1. The van der Waals surface area contributed by atoms with Gasteiger partial charge >= 0.3 is 5.63 Å². The van der Waals surface area contributed by atoms with E-state index in [9.17, 15) is 14.7 Å². The molecule has 0 radical (unpaired) electrons. The number of Topliss-reactive ketones (excluding diaryl/α,β-unsaturated/α-hetero) is 1. The average Bonchev–Trinajstić information content (AvgIpc) is 2.51. The highest BCUT2D eigenvalue weighted by Gasteiger charge is 2.22. The lowest BCUT2D eigenvalue weighted by molar-refractivity contribution is 0.101. The summed E-state index contributed by atoms with van der Waals surface area (Å²) in [7, 11) is 0. The second-order valence-corrected chi connectivity index (χ2v) is 6.30. The van der Waals surface area contributed by atoms with E-state index in [0.29, 0.717) is 29.1 Å². The number of aromatic hydroxyl groups is 1. The van der Waals surface area contributed by atoms with Gasteiger partial charge in [0.2, 0.25) is 0 Å². The lowest BCUT2D eigenvalue weighted by atomic mass is 10.0. The van der Waals surface area contributed by atoms with Crippen LogP contribution < -0.4 is 5.63 Å². The minimum atomic E-state index is -0.649. The van der Waals surface area contributed by atoms with Gasteiger partial charge in [-0.05, 0) is 51.4 Å². The number of carbonyl (C=O) groups excluding carboxylic acids is 1. The third-order valence-electron chi connectivity index (χ3n) is 4.66. The maximum atomic E-state index is 12.0. The summed E-state index contributed by atoms with van der Waals surface area (Å²) >= 11 is 0. The number of phenolic OH excluding ortho intramolecular Hbond substituents is 1. The summed E-state index contributed by atoms with van der Waals surface area (Å²) in [5.41, 5.74) is 0.380. The maximum Gasteiger partial charge on any atom is 0.347 e. The molecule has 0 aliphatic carbocycles. The van der Waals surface area contributed by atoms with E-state index in [2.05, 4.69) is 11.8 Å². The molecule has 5 heteroatoms. The Balaban J connectivity index is 2.08. The van der Waals surface area contributed by atoms with Crippen molar-refractivity contribution in [1.82, 2.24) is 4.90 Å². The van der Waals surface area contributed by atoms with Gasteiger partial charge in [0.1, 0.15) is 16.9 Å². The van der Waals surface area contributed by atoms with Gasteiger partial charge in [-0.1, -0.05) is 6.42 Å². The van der Waals surface area contributed by atoms with Gasteiger partial charge < -0.3 is 9.52 Å². The number of ketones is 1. The van der Waals surface area contributed by atoms with Crippen molar-refractivity contribution in [3.8, 4) is 5.75 Å². The SMILES string of the molecule is CC(=O)c1cc2ccc(O)c(CN3CCCCC3C)c2oc1=O. The Morgan fingerprint density at radius 3 is 2.87 bits per heavy atom. The minimum Gasteiger partial charge on any atom is -0.507 e. The van der Waals surface area contributed by atoms with Crippen molar-refractivity contribution in [3.05, 3.63) is 39.7 Å². The van der Waals surface area contributed by atoms with E-state index in [1.807, 2.05) is 0 Å². The summed E-state index contributed by atoms with van der Waals surface area (Å²) in [6.07, 6.45) is 3.48. The molecule has 1 aromatic heterocycles. The second-order valence-electron chi connectivity index (χ2n) is 6.30. The Hall–Kier alpha value is -2.14. The molecule has 1 aliphatic rings. The van der Waals surface area contributed by atoms with E-state index in [4.69, 9.17) is 4.42 Å². The van der Waals surface area contributed by atoms with Crippen LogP contribution in [0, 0.1) is 0 Å². The van der Waals surface area contributed by atoms with Crippen LogP contribution in [0.25, 0.3) is 11.0 Å². The number of rotatable bonds is 3. The van der Waals surface area contributed by atoms with Gasteiger partial charge in [0.05, 0.1) is 5.56 Å². The Morgan fingerprint density at radius 2 is 2.17 bits per heavy atom. The number of phenols is 1. The molecule has 5 nitrogen and oxygen atoms in total. The topological polar surface area (TPSA) is 70.8 Å².